The van der Waals surface area contributed by atoms with Crippen molar-refractivity contribution in [3.8, 4) is 5.75 Å². The van der Waals surface area contributed by atoms with Gasteiger partial charge in [-0.3, -0.25) is 0 Å². The number of aliphatic carboxylic acids is 1. The summed E-state index contributed by atoms with van der Waals surface area (Å²) in [7, 11) is 0. The van der Waals surface area contributed by atoms with Gasteiger partial charge in [-0.25, -0.2) is 4.79 Å². The van der Waals surface area contributed by atoms with Crippen LogP contribution in [-0.4, -0.2) is 52.0 Å². The number of carboxylic acids is 1. The van der Waals surface area contributed by atoms with Gasteiger partial charge < -0.3 is 39.1 Å². The Morgan fingerprint density at radius 3 is 2.34 bits per heavy atom. The Bertz CT molecular complexity index is 961. The zero-order chi connectivity index (χ0) is 20.8. The molecule has 0 amide bonds. The Morgan fingerprint density at radius 1 is 1.10 bits per heavy atom. The zero-order valence-electron chi connectivity index (χ0n) is 14.6. The number of rotatable bonds is 3. The van der Waals surface area contributed by atoms with Crippen molar-refractivity contribution in [1.82, 2.24) is 0 Å². The number of hydrogen-bond donors (Lipinski definition) is 3. The first-order valence-electron chi connectivity index (χ1n) is 7.71. The second-order valence-corrected chi connectivity index (χ2v) is 5.97. The zero-order valence-corrected chi connectivity index (χ0v) is 17.7. The molecule has 1 unspecified atom stereocenters. The van der Waals surface area contributed by atoms with Crippen LogP contribution >= 0.6 is 0 Å². The van der Waals surface area contributed by atoms with Crippen molar-refractivity contribution in [2.75, 3.05) is 0 Å². The van der Waals surface area contributed by atoms with Crippen LogP contribution in [0.3, 0.4) is 0 Å². The smallest absolute Gasteiger partial charge is 0.547 e. The van der Waals surface area contributed by atoms with Gasteiger partial charge in [0.2, 0.25) is 6.29 Å². The van der Waals surface area contributed by atoms with Crippen molar-refractivity contribution in [2.24, 2.45) is 0 Å². The topological polar surface area (TPSA) is 149 Å². The van der Waals surface area contributed by atoms with Gasteiger partial charge in [0.05, 0.1) is 11.5 Å². The number of carboxylic acid groups (broad SMARTS) is 1. The van der Waals surface area contributed by atoms with E-state index in [0.717, 1.165) is 18.2 Å². The Hall–Kier alpha value is -1.03. The molecule has 0 aliphatic carbocycles. The summed E-state index contributed by atoms with van der Waals surface area (Å²) in [6.07, 6.45) is -14.5. The average Bonchev–Trinajstić information content (AvgIpc) is 2.60. The average molecular weight is 444 g/mol. The van der Waals surface area contributed by atoms with E-state index in [2.05, 4.69) is 0 Å². The van der Waals surface area contributed by atoms with Crippen LogP contribution in [0.2, 0.25) is 0 Å². The molecule has 1 saturated heterocycles. The SMILES string of the molecule is O=C([O-])[C@H]1OC(Oc2ccc3c(C(F)(F)F)cc(=O)oc3c2)[C@H](O)[C@@H](O)[C@@H]1O.[K+]. The number of carbonyl (C=O) groups excluding carboxylic acids is 1. The Balaban J connectivity index is 0.00000300. The normalized spacial score (nSPS) is 27.3. The summed E-state index contributed by atoms with van der Waals surface area (Å²) in [5.74, 6) is -2.15. The molecule has 1 aromatic heterocycles. The van der Waals surface area contributed by atoms with Crippen molar-refractivity contribution in [3.05, 3.63) is 40.2 Å². The van der Waals surface area contributed by atoms with Crippen molar-refractivity contribution in [3.63, 3.8) is 0 Å². The third kappa shape index (κ3) is 5.00. The summed E-state index contributed by atoms with van der Waals surface area (Å²) < 4.78 is 53.9. The predicted octanol–water partition coefficient (Wildman–Crippen LogP) is -4.25. The van der Waals surface area contributed by atoms with Crippen LogP contribution in [0, 0.1) is 0 Å². The molecule has 9 nitrogen and oxygen atoms in total. The number of halogens is 3. The fraction of sp³-hybridized carbons (Fsp3) is 0.375. The molecule has 2 heterocycles. The summed E-state index contributed by atoms with van der Waals surface area (Å²) in [6.45, 7) is 0. The first-order valence-corrected chi connectivity index (χ1v) is 7.71. The van der Waals surface area contributed by atoms with E-state index < -0.39 is 65.0 Å². The summed E-state index contributed by atoms with van der Waals surface area (Å²) in [5, 5.41) is 39.7. The van der Waals surface area contributed by atoms with Crippen molar-refractivity contribution >= 4 is 16.9 Å². The number of aliphatic hydroxyl groups is 3. The van der Waals surface area contributed by atoms with E-state index in [-0.39, 0.29) is 57.1 Å². The van der Waals surface area contributed by atoms with E-state index in [1.165, 1.54) is 0 Å². The molecule has 0 radical (unpaired) electrons. The summed E-state index contributed by atoms with van der Waals surface area (Å²) >= 11 is 0. The number of benzene rings is 1. The van der Waals surface area contributed by atoms with Crippen LogP contribution in [0.25, 0.3) is 11.0 Å². The number of alkyl halides is 3. The molecular weight excluding hydrogens is 432 g/mol. The molecule has 3 rings (SSSR count). The minimum absolute atomic E-state index is 0. The van der Waals surface area contributed by atoms with E-state index in [1.807, 2.05) is 0 Å². The molecule has 0 spiro atoms. The summed E-state index contributed by atoms with van der Waals surface area (Å²) in [4.78, 5) is 22.4. The second kappa shape index (κ2) is 8.99. The van der Waals surface area contributed by atoms with Gasteiger partial charge in [-0.05, 0) is 12.1 Å². The molecule has 13 heteroatoms. The monoisotopic (exact) mass is 444 g/mol. The molecule has 1 aliphatic heterocycles. The largest absolute Gasteiger partial charge is 1.00 e. The molecule has 0 bridgehead atoms. The van der Waals surface area contributed by atoms with E-state index in [1.54, 1.807) is 0 Å². The number of ether oxygens (including phenoxy) is 2. The predicted molar refractivity (Wildman–Crippen MR) is 79.8 cm³/mol. The maximum Gasteiger partial charge on any atom is 1.00 e. The van der Waals surface area contributed by atoms with Gasteiger partial charge in [0.1, 0.15) is 35.7 Å². The Morgan fingerprint density at radius 2 is 1.76 bits per heavy atom. The molecule has 3 N–H and O–H groups in total. The van der Waals surface area contributed by atoms with Gasteiger partial charge >= 0.3 is 63.2 Å². The summed E-state index contributed by atoms with van der Waals surface area (Å²) in [6, 6.07) is 3.15. The Labute approximate surface area is 202 Å². The van der Waals surface area contributed by atoms with Crippen LogP contribution in [-0.2, 0) is 15.7 Å². The first-order chi connectivity index (χ1) is 13.0. The van der Waals surface area contributed by atoms with E-state index in [9.17, 15) is 43.2 Å². The van der Waals surface area contributed by atoms with Gasteiger partial charge in [-0.2, -0.15) is 13.2 Å². The number of aliphatic hydroxyl groups excluding tert-OH is 3. The molecule has 5 atom stereocenters. The van der Waals surface area contributed by atoms with E-state index in [4.69, 9.17) is 13.9 Å². The second-order valence-electron chi connectivity index (χ2n) is 5.97. The maximum absolute atomic E-state index is 13.0. The number of hydrogen-bond acceptors (Lipinski definition) is 9. The van der Waals surface area contributed by atoms with Crippen molar-refractivity contribution in [2.45, 2.75) is 36.9 Å². The van der Waals surface area contributed by atoms with E-state index in [0.29, 0.717) is 6.07 Å². The Kier molecular flexibility index (Phi) is 7.52. The van der Waals surface area contributed by atoms with Gasteiger partial charge in [0.15, 0.2) is 0 Å². The molecule has 1 aliphatic rings. The minimum atomic E-state index is -4.82. The fourth-order valence-corrected chi connectivity index (χ4v) is 2.73. The van der Waals surface area contributed by atoms with E-state index >= 15 is 0 Å². The van der Waals surface area contributed by atoms with Gasteiger partial charge in [-0.15, -0.1) is 0 Å². The molecule has 0 saturated carbocycles. The van der Waals surface area contributed by atoms with Crippen LogP contribution in [0.4, 0.5) is 13.2 Å². The molecular formula is C16H12F3KO9. The molecule has 1 aromatic carbocycles. The molecule has 29 heavy (non-hydrogen) atoms. The first kappa shape index (κ1) is 24.2. The molecule has 1 fully saturated rings. The fourth-order valence-electron chi connectivity index (χ4n) is 2.73. The van der Waals surface area contributed by atoms with Crippen LogP contribution in [0.1, 0.15) is 5.56 Å². The minimum Gasteiger partial charge on any atom is -0.547 e. The number of carbonyl (C=O) groups is 1. The number of fused-ring (bicyclic) bond motifs is 1. The quantitative estimate of drug-likeness (QED) is 0.316. The third-order valence-corrected chi connectivity index (χ3v) is 4.08. The summed E-state index contributed by atoms with van der Waals surface area (Å²) in [5.41, 5.74) is -2.98. The standard InChI is InChI=1S/C16H13F3O9.K/c17-16(18,19)7-4-9(20)27-8-3-5(1-2-6(7)8)26-15-12(23)10(21)11(22)13(28-15)14(24)25;/h1-4,10-13,15,21-23H,(H,24,25);/q;+1/p-1/t10-,11-,12+,13-,15?;/m0./s1. The molecule has 152 valence electrons. The maximum atomic E-state index is 13.0. The van der Waals surface area contributed by atoms with Gasteiger partial charge in [0.25, 0.3) is 0 Å². The van der Waals surface area contributed by atoms with Crippen LogP contribution in [0.15, 0.2) is 33.5 Å². The molecule has 2 aromatic rings. The van der Waals surface area contributed by atoms with Gasteiger partial charge in [0, 0.05) is 17.5 Å². The third-order valence-electron chi connectivity index (χ3n) is 4.08. The van der Waals surface area contributed by atoms with Crippen LogP contribution < -0.4 is 66.9 Å². The van der Waals surface area contributed by atoms with Crippen molar-refractivity contribution < 1.29 is 104 Å². The van der Waals surface area contributed by atoms with Crippen LogP contribution in [0.5, 0.6) is 5.75 Å². The van der Waals surface area contributed by atoms with Gasteiger partial charge in [-0.1, -0.05) is 0 Å². The van der Waals surface area contributed by atoms with Crippen molar-refractivity contribution in [1.29, 1.82) is 0 Å².